The number of carbonyl (C=O) groups excluding carboxylic acids is 1. The topological polar surface area (TPSA) is 63.3 Å². The molecule has 1 amide bonds. The Balaban J connectivity index is 1.51. The summed E-state index contributed by atoms with van der Waals surface area (Å²) < 4.78 is 7.51. The molecule has 0 bridgehead atoms. The predicted molar refractivity (Wildman–Crippen MR) is 120 cm³/mol. The van der Waals surface area contributed by atoms with Gasteiger partial charge in [0.05, 0.1) is 29.4 Å². The number of nitrogens with one attached hydrogen (secondary N) is 1. The number of carbonyl (C=O) groups is 1. The van der Waals surface area contributed by atoms with Gasteiger partial charge in [0.1, 0.15) is 10.6 Å². The molecule has 3 heterocycles. The first-order chi connectivity index (χ1) is 14.4. The van der Waals surface area contributed by atoms with Crippen molar-refractivity contribution in [2.75, 3.05) is 20.6 Å². The molecule has 0 aliphatic rings. The van der Waals surface area contributed by atoms with Crippen molar-refractivity contribution >= 4 is 27.5 Å². The molecule has 4 aromatic rings. The molecule has 0 saturated carbocycles. The standard InChI is InChI=1S/C23H26N4O2S/c1-15-7-9-17(10-8-15)14-27-23-18(16(2)25-27)12-21(30-23)22(28)24-13-19(26(3)4)20-6-5-11-29-20/h5-12,19H,13-14H2,1-4H3,(H,24,28)/t19-/m0/s1. The molecule has 0 saturated heterocycles. The molecule has 0 fully saturated rings. The van der Waals surface area contributed by atoms with E-state index < -0.39 is 0 Å². The van der Waals surface area contributed by atoms with Crippen LogP contribution in [0, 0.1) is 13.8 Å². The average Bonchev–Trinajstić information content (AvgIpc) is 3.43. The summed E-state index contributed by atoms with van der Waals surface area (Å²) in [5.41, 5.74) is 3.37. The summed E-state index contributed by atoms with van der Waals surface area (Å²) in [4.78, 5) is 16.6. The highest BCUT2D eigenvalue weighted by molar-refractivity contribution is 7.20. The summed E-state index contributed by atoms with van der Waals surface area (Å²) in [6, 6.07) is 14.2. The number of hydrogen-bond donors (Lipinski definition) is 1. The van der Waals surface area contributed by atoms with Gasteiger partial charge < -0.3 is 9.73 Å². The summed E-state index contributed by atoms with van der Waals surface area (Å²) in [6.45, 7) is 5.23. The first-order valence-corrected chi connectivity index (χ1v) is 10.7. The van der Waals surface area contributed by atoms with Crippen molar-refractivity contribution in [1.82, 2.24) is 20.0 Å². The van der Waals surface area contributed by atoms with Gasteiger partial charge in [-0.2, -0.15) is 5.10 Å². The monoisotopic (exact) mass is 422 g/mol. The number of fused-ring (bicyclic) bond motifs is 1. The minimum atomic E-state index is -0.0732. The van der Waals surface area contributed by atoms with E-state index in [2.05, 4.69) is 41.6 Å². The van der Waals surface area contributed by atoms with Gasteiger partial charge in [0.15, 0.2) is 0 Å². The number of nitrogens with zero attached hydrogens (tertiary/aromatic N) is 3. The number of rotatable bonds is 7. The van der Waals surface area contributed by atoms with E-state index in [0.717, 1.165) is 21.7 Å². The first kappa shape index (κ1) is 20.4. The van der Waals surface area contributed by atoms with Crippen LogP contribution < -0.4 is 5.32 Å². The third-order valence-corrected chi connectivity index (χ3v) is 6.38. The number of amides is 1. The van der Waals surface area contributed by atoms with E-state index in [4.69, 9.17) is 4.42 Å². The lowest BCUT2D eigenvalue weighted by Crippen LogP contribution is -2.34. The normalized spacial score (nSPS) is 12.6. The summed E-state index contributed by atoms with van der Waals surface area (Å²) in [5, 5.41) is 8.76. The van der Waals surface area contributed by atoms with Crippen molar-refractivity contribution in [3.63, 3.8) is 0 Å². The second kappa shape index (κ2) is 8.45. The maximum atomic E-state index is 12.8. The Hall–Kier alpha value is -2.90. The van der Waals surface area contributed by atoms with Gasteiger partial charge in [-0.05, 0) is 51.7 Å². The Labute approximate surface area is 180 Å². The SMILES string of the molecule is Cc1ccc(Cn2nc(C)c3cc(C(=O)NC[C@@H](c4ccco4)N(C)C)sc32)cc1. The predicted octanol–water partition coefficient (Wildman–Crippen LogP) is 4.39. The lowest BCUT2D eigenvalue weighted by Gasteiger charge is -2.22. The molecule has 6 nitrogen and oxygen atoms in total. The third kappa shape index (κ3) is 4.17. The highest BCUT2D eigenvalue weighted by Gasteiger charge is 2.20. The zero-order chi connectivity index (χ0) is 21.3. The lowest BCUT2D eigenvalue weighted by molar-refractivity contribution is 0.0943. The number of aryl methyl sites for hydroxylation is 2. The van der Waals surface area contributed by atoms with Crippen molar-refractivity contribution in [3.05, 3.63) is 76.2 Å². The lowest BCUT2D eigenvalue weighted by atomic mass is 10.1. The molecule has 3 aromatic heterocycles. The van der Waals surface area contributed by atoms with Crippen LogP contribution in [0.25, 0.3) is 10.2 Å². The minimum absolute atomic E-state index is 0.0166. The molecule has 0 unspecified atom stereocenters. The Morgan fingerprint density at radius 1 is 1.23 bits per heavy atom. The van der Waals surface area contributed by atoms with E-state index in [9.17, 15) is 4.79 Å². The van der Waals surface area contributed by atoms with Crippen LogP contribution in [0.4, 0.5) is 0 Å². The molecular formula is C23H26N4O2S. The molecule has 1 atom stereocenters. The van der Waals surface area contributed by atoms with Crippen LogP contribution in [0.5, 0.6) is 0 Å². The van der Waals surface area contributed by atoms with Crippen LogP contribution in [-0.4, -0.2) is 41.2 Å². The van der Waals surface area contributed by atoms with Crippen LogP contribution in [0.2, 0.25) is 0 Å². The fourth-order valence-corrected chi connectivity index (χ4v) is 4.57. The van der Waals surface area contributed by atoms with Crippen molar-refractivity contribution < 1.29 is 9.21 Å². The molecule has 4 rings (SSSR count). The van der Waals surface area contributed by atoms with Crippen molar-refractivity contribution in [3.8, 4) is 0 Å². The van der Waals surface area contributed by atoms with Crippen molar-refractivity contribution in [2.24, 2.45) is 0 Å². The van der Waals surface area contributed by atoms with Crippen LogP contribution in [0.15, 0.2) is 53.1 Å². The van der Waals surface area contributed by atoms with Crippen LogP contribution in [-0.2, 0) is 6.54 Å². The third-order valence-electron chi connectivity index (χ3n) is 5.24. The van der Waals surface area contributed by atoms with Crippen LogP contribution in [0.1, 0.15) is 38.3 Å². The molecule has 0 spiro atoms. The largest absolute Gasteiger partial charge is 0.468 e. The maximum absolute atomic E-state index is 12.8. The van der Waals surface area contributed by atoms with E-state index in [-0.39, 0.29) is 11.9 Å². The van der Waals surface area contributed by atoms with E-state index in [1.54, 1.807) is 6.26 Å². The molecular weight excluding hydrogens is 396 g/mol. The smallest absolute Gasteiger partial charge is 0.261 e. The molecule has 156 valence electrons. The number of furan rings is 1. The van der Waals surface area contributed by atoms with Crippen molar-refractivity contribution in [2.45, 2.75) is 26.4 Å². The number of hydrogen-bond acceptors (Lipinski definition) is 5. The average molecular weight is 423 g/mol. The Morgan fingerprint density at radius 2 is 2.00 bits per heavy atom. The highest BCUT2D eigenvalue weighted by Crippen LogP contribution is 2.29. The Bertz CT molecular complexity index is 1140. The second-order valence-electron chi connectivity index (χ2n) is 7.76. The summed E-state index contributed by atoms with van der Waals surface area (Å²) in [5.74, 6) is 0.761. The molecule has 0 aliphatic carbocycles. The number of aromatic nitrogens is 2. The molecule has 7 heteroatoms. The molecule has 1 aromatic carbocycles. The Morgan fingerprint density at radius 3 is 2.67 bits per heavy atom. The van der Waals surface area contributed by atoms with Gasteiger partial charge in [-0.25, -0.2) is 0 Å². The fraction of sp³-hybridized carbons (Fsp3) is 0.304. The first-order valence-electron chi connectivity index (χ1n) is 9.93. The highest BCUT2D eigenvalue weighted by atomic mass is 32.1. The minimum Gasteiger partial charge on any atom is -0.468 e. The maximum Gasteiger partial charge on any atom is 0.261 e. The van der Waals surface area contributed by atoms with Gasteiger partial charge in [-0.15, -0.1) is 11.3 Å². The second-order valence-corrected chi connectivity index (χ2v) is 8.79. The van der Waals surface area contributed by atoms with Gasteiger partial charge in [0.25, 0.3) is 5.91 Å². The van der Waals surface area contributed by atoms with Gasteiger partial charge in [0.2, 0.25) is 0 Å². The van der Waals surface area contributed by atoms with Crippen LogP contribution >= 0.6 is 11.3 Å². The molecule has 1 N–H and O–H groups in total. The summed E-state index contributed by atoms with van der Waals surface area (Å²) in [7, 11) is 3.95. The zero-order valence-corrected chi connectivity index (χ0v) is 18.5. The van der Waals surface area contributed by atoms with Crippen molar-refractivity contribution in [1.29, 1.82) is 0 Å². The van der Waals surface area contributed by atoms with E-state index >= 15 is 0 Å². The summed E-state index contributed by atoms with van der Waals surface area (Å²) >= 11 is 1.48. The van der Waals surface area contributed by atoms with E-state index in [0.29, 0.717) is 18.0 Å². The van der Waals surface area contributed by atoms with Gasteiger partial charge in [0, 0.05) is 11.9 Å². The fourth-order valence-electron chi connectivity index (χ4n) is 3.49. The molecule has 0 radical (unpaired) electrons. The number of benzene rings is 1. The van der Waals surface area contributed by atoms with E-state index in [1.165, 1.54) is 22.5 Å². The number of thiophene rings is 1. The number of likely N-dealkylation sites (N-methyl/N-ethyl adjacent to an activating group) is 1. The van der Waals surface area contributed by atoms with Gasteiger partial charge >= 0.3 is 0 Å². The molecule has 30 heavy (non-hydrogen) atoms. The quantitative estimate of drug-likeness (QED) is 0.480. The molecule has 0 aliphatic heterocycles. The zero-order valence-electron chi connectivity index (χ0n) is 17.7. The van der Waals surface area contributed by atoms with Gasteiger partial charge in [-0.1, -0.05) is 29.8 Å². The summed E-state index contributed by atoms with van der Waals surface area (Å²) in [6.07, 6.45) is 1.65. The van der Waals surface area contributed by atoms with E-state index in [1.807, 2.05) is 48.8 Å². The van der Waals surface area contributed by atoms with Crippen LogP contribution in [0.3, 0.4) is 0 Å². The van der Waals surface area contributed by atoms with Gasteiger partial charge in [-0.3, -0.25) is 14.4 Å². The Kier molecular flexibility index (Phi) is 5.74.